The fourth-order valence-corrected chi connectivity index (χ4v) is 3.30. The number of fused-ring (bicyclic) bond motifs is 1. The van der Waals surface area contributed by atoms with Crippen LogP contribution >= 0.6 is 11.6 Å². The molecule has 6 nitrogen and oxygen atoms in total. The zero-order valence-corrected chi connectivity index (χ0v) is 17.2. The fourth-order valence-electron chi connectivity index (χ4n) is 3.10. The molecule has 1 aliphatic heterocycles. The predicted molar refractivity (Wildman–Crippen MR) is 109 cm³/mol. The van der Waals surface area contributed by atoms with Gasteiger partial charge in [-0.2, -0.15) is 0 Å². The number of carbonyl (C=O) groups excluding carboxylic acids is 2. The summed E-state index contributed by atoms with van der Waals surface area (Å²) in [5, 5.41) is 3.38. The van der Waals surface area contributed by atoms with Crippen LogP contribution in [0, 0.1) is 5.92 Å². The zero-order chi connectivity index (χ0) is 20.8. The Morgan fingerprint density at radius 1 is 1.24 bits per heavy atom. The van der Waals surface area contributed by atoms with Crippen LogP contribution in [-0.4, -0.2) is 38.2 Å². The lowest BCUT2D eigenvalue weighted by Gasteiger charge is -2.25. The van der Waals surface area contributed by atoms with Crippen LogP contribution in [0.1, 0.15) is 18.1 Å². The molecule has 0 saturated carbocycles. The molecule has 3 rings (SSSR count). The van der Waals surface area contributed by atoms with Gasteiger partial charge >= 0.3 is 5.97 Å². The maximum absolute atomic E-state index is 12.4. The number of halogens is 1. The second-order valence-electron chi connectivity index (χ2n) is 6.93. The van der Waals surface area contributed by atoms with E-state index in [1.807, 2.05) is 24.3 Å². The summed E-state index contributed by atoms with van der Waals surface area (Å²) < 4.78 is 16.1. The van der Waals surface area contributed by atoms with Crippen molar-refractivity contribution in [3.63, 3.8) is 0 Å². The highest BCUT2D eigenvalue weighted by molar-refractivity contribution is 6.30. The number of esters is 1. The van der Waals surface area contributed by atoms with E-state index in [1.165, 1.54) is 0 Å². The Morgan fingerprint density at radius 3 is 2.72 bits per heavy atom. The molecule has 1 N–H and O–H groups in total. The van der Waals surface area contributed by atoms with Crippen molar-refractivity contribution in [2.24, 2.45) is 5.92 Å². The van der Waals surface area contributed by atoms with Gasteiger partial charge < -0.3 is 19.5 Å². The van der Waals surface area contributed by atoms with E-state index in [4.69, 9.17) is 25.8 Å². The minimum absolute atomic E-state index is 0.222. The first-order valence-corrected chi connectivity index (χ1v) is 9.86. The Labute approximate surface area is 175 Å². The van der Waals surface area contributed by atoms with Crippen molar-refractivity contribution < 1.29 is 23.8 Å². The molecule has 2 aromatic rings. The molecule has 0 bridgehead atoms. The third kappa shape index (κ3) is 5.64. The van der Waals surface area contributed by atoms with Crippen LogP contribution in [0.15, 0.2) is 42.5 Å². The summed E-state index contributed by atoms with van der Waals surface area (Å²) >= 11 is 6.01. The van der Waals surface area contributed by atoms with Gasteiger partial charge in [0.05, 0.1) is 13.0 Å². The van der Waals surface area contributed by atoms with Crippen molar-refractivity contribution in [2.75, 3.05) is 20.3 Å². The Hall–Kier alpha value is -2.73. The first-order chi connectivity index (χ1) is 14.0. The van der Waals surface area contributed by atoms with E-state index in [1.54, 1.807) is 32.2 Å². The van der Waals surface area contributed by atoms with Gasteiger partial charge in [-0.25, -0.2) is 0 Å². The van der Waals surface area contributed by atoms with Gasteiger partial charge in [-0.05, 0) is 61.2 Å². The minimum atomic E-state index is -0.876. The largest absolute Gasteiger partial charge is 0.497 e. The van der Waals surface area contributed by atoms with Crippen molar-refractivity contribution in [3.8, 4) is 11.5 Å². The van der Waals surface area contributed by atoms with Crippen LogP contribution < -0.4 is 14.8 Å². The van der Waals surface area contributed by atoms with Crippen molar-refractivity contribution in [1.29, 1.82) is 0 Å². The van der Waals surface area contributed by atoms with Gasteiger partial charge in [-0.3, -0.25) is 9.59 Å². The molecule has 2 atom stereocenters. The molecule has 0 spiro atoms. The maximum Gasteiger partial charge on any atom is 0.313 e. The standard InChI is InChI=1S/C22H24ClNO5/c1-14(21(25)24-10-9-15-3-6-19(27-2)7-4-15)29-22(26)17-11-16-12-18(23)5-8-20(16)28-13-17/h3-8,12,14,17H,9-11,13H2,1-2H3,(H,24,25). The Balaban J connectivity index is 1.44. The Morgan fingerprint density at radius 2 is 2.00 bits per heavy atom. The first-order valence-electron chi connectivity index (χ1n) is 9.48. The van der Waals surface area contributed by atoms with Gasteiger partial charge in [0, 0.05) is 11.6 Å². The topological polar surface area (TPSA) is 73.9 Å². The first kappa shape index (κ1) is 21.0. The molecule has 1 amide bonds. The summed E-state index contributed by atoms with van der Waals surface area (Å²) in [5.74, 6) is 0.272. The molecule has 0 saturated heterocycles. The highest BCUT2D eigenvalue weighted by Crippen LogP contribution is 2.30. The smallest absolute Gasteiger partial charge is 0.313 e. The Kier molecular flexibility index (Phi) is 6.99. The van der Waals surface area contributed by atoms with Crippen molar-refractivity contribution in [2.45, 2.75) is 25.9 Å². The highest BCUT2D eigenvalue weighted by Gasteiger charge is 2.29. The van der Waals surface area contributed by atoms with Gasteiger partial charge in [-0.1, -0.05) is 23.7 Å². The Bertz CT molecular complexity index is 868. The average molecular weight is 418 g/mol. The van der Waals surface area contributed by atoms with Crippen LogP contribution in [0.5, 0.6) is 11.5 Å². The summed E-state index contributed by atoms with van der Waals surface area (Å²) in [5.41, 5.74) is 1.94. The third-order valence-electron chi connectivity index (χ3n) is 4.80. The summed E-state index contributed by atoms with van der Waals surface area (Å²) in [6, 6.07) is 13.0. The van der Waals surface area contributed by atoms with Gasteiger partial charge in [0.15, 0.2) is 6.10 Å². The van der Waals surface area contributed by atoms with E-state index in [-0.39, 0.29) is 12.5 Å². The number of hydrogen-bond acceptors (Lipinski definition) is 5. The average Bonchev–Trinajstić information content (AvgIpc) is 2.73. The van der Waals surface area contributed by atoms with Crippen LogP contribution in [0.3, 0.4) is 0 Å². The normalized spacial score (nSPS) is 16.2. The highest BCUT2D eigenvalue weighted by atomic mass is 35.5. The lowest BCUT2D eigenvalue weighted by Crippen LogP contribution is -2.39. The predicted octanol–water partition coefficient (Wildman–Crippen LogP) is 3.19. The lowest BCUT2D eigenvalue weighted by molar-refractivity contribution is -0.160. The fraction of sp³-hybridized carbons (Fsp3) is 0.364. The minimum Gasteiger partial charge on any atom is -0.497 e. The van der Waals surface area contributed by atoms with E-state index < -0.39 is 18.0 Å². The molecule has 7 heteroatoms. The molecule has 29 heavy (non-hydrogen) atoms. The molecule has 2 unspecified atom stereocenters. The zero-order valence-electron chi connectivity index (χ0n) is 16.4. The summed E-state index contributed by atoms with van der Waals surface area (Å²) in [7, 11) is 1.62. The van der Waals surface area contributed by atoms with Gasteiger partial charge in [0.1, 0.15) is 18.1 Å². The lowest BCUT2D eigenvalue weighted by atomic mass is 9.97. The molecular formula is C22H24ClNO5. The molecule has 0 fully saturated rings. The SMILES string of the molecule is COc1ccc(CCNC(=O)C(C)OC(=O)C2COc3ccc(Cl)cc3C2)cc1. The number of amides is 1. The molecule has 0 radical (unpaired) electrons. The van der Waals surface area contributed by atoms with Crippen molar-refractivity contribution in [1.82, 2.24) is 5.32 Å². The van der Waals surface area contributed by atoms with Crippen LogP contribution in [-0.2, 0) is 27.2 Å². The van der Waals surface area contributed by atoms with Crippen molar-refractivity contribution >= 4 is 23.5 Å². The van der Waals surface area contributed by atoms with Crippen LogP contribution in [0.25, 0.3) is 0 Å². The van der Waals surface area contributed by atoms with E-state index in [2.05, 4.69) is 5.32 Å². The summed E-state index contributed by atoms with van der Waals surface area (Å²) in [6.07, 6.45) is 0.268. The monoisotopic (exact) mass is 417 g/mol. The second-order valence-corrected chi connectivity index (χ2v) is 7.37. The third-order valence-corrected chi connectivity index (χ3v) is 5.03. The molecule has 1 aliphatic rings. The molecule has 2 aromatic carbocycles. The summed E-state index contributed by atoms with van der Waals surface area (Å²) in [4.78, 5) is 24.7. The number of methoxy groups -OCH3 is 1. The van der Waals surface area contributed by atoms with Gasteiger partial charge in [0.2, 0.25) is 0 Å². The molecule has 154 valence electrons. The van der Waals surface area contributed by atoms with Crippen LogP contribution in [0.2, 0.25) is 5.02 Å². The van der Waals surface area contributed by atoms with Crippen molar-refractivity contribution in [3.05, 3.63) is 58.6 Å². The van der Waals surface area contributed by atoms with E-state index >= 15 is 0 Å². The quantitative estimate of drug-likeness (QED) is 0.700. The second kappa shape index (κ2) is 9.65. The van der Waals surface area contributed by atoms with E-state index in [0.717, 1.165) is 22.6 Å². The van der Waals surface area contributed by atoms with E-state index in [9.17, 15) is 9.59 Å². The number of nitrogens with one attached hydrogen (secondary N) is 1. The molecule has 1 heterocycles. The maximum atomic E-state index is 12.4. The van der Waals surface area contributed by atoms with Gasteiger partial charge in [0.25, 0.3) is 5.91 Å². The molecule has 0 aromatic heterocycles. The van der Waals surface area contributed by atoms with Gasteiger partial charge in [-0.15, -0.1) is 0 Å². The molecule has 0 aliphatic carbocycles. The number of hydrogen-bond donors (Lipinski definition) is 1. The number of benzene rings is 2. The van der Waals surface area contributed by atoms with Crippen LogP contribution in [0.4, 0.5) is 0 Å². The van der Waals surface area contributed by atoms with E-state index in [0.29, 0.717) is 24.4 Å². The molecular weight excluding hydrogens is 394 g/mol. The number of rotatable bonds is 7. The number of ether oxygens (including phenoxy) is 3. The summed E-state index contributed by atoms with van der Waals surface area (Å²) in [6.45, 7) is 2.24. The number of carbonyl (C=O) groups is 2.